The van der Waals surface area contributed by atoms with Crippen molar-refractivity contribution in [3.05, 3.63) is 48.0 Å². The van der Waals surface area contributed by atoms with Crippen molar-refractivity contribution in [1.29, 1.82) is 0 Å². The van der Waals surface area contributed by atoms with Gasteiger partial charge in [0.15, 0.2) is 0 Å². The third kappa shape index (κ3) is 8.99. The number of aromatic carboxylic acids is 1. The molecule has 0 fully saturated rings. The monoisotopic (exact) mass is 271 g/mol. The molecule has 0 aromatic heterocycles. The molecule has 0 spiro atoms. The maximum Gasteiger partial charge on any atom is 0.335 e. The van der Waals surface area contributed by atoms with Gasteiger partial charge in [-0.05, 0) is 19.1 Å². The zero-order valence-electron chi connectivity index (χ0n) is 8.55. The molecule has 16 heavy (non-hydrogen) atoms. The first kappa shape index (κ1) is 16.8. The summed E-state index contributed by atoms with van der Waals surface area (Å²) in [5.74, 6) is -1.77. The van der Waals surface area contributed by atoms with Crippen LogP contribution in [0.1, 0.15) is 17.3 Å². The molecule has 0 aliphatic rings. The van der Waals surface area contributed by atoms with Crippen LogP contribution in [0.4, 0.5) is 0 Å². The van der Waals surface area contributed by atoms with Gasteiger partial charge in [0.2, 0.25) is 0 Å². The predicted molar refractivity (Wildman–Crippen MR) is 55.9 cm³/mol. The van der Waals surface area contributed by atoms with Gasteiger partial charge in [-0.1, -0.05) is 24.3 Å². The average molecular weight is 272 g/mol. The molecule has 0 saturated heterocycles. The van der Waals surface area contributed by atoms with Gasteiger partial charge in [-0.3, -0.25) is 0 Å². The number of rotatable bonds is 2. The number of carboxylic acids is 2. The van der Waals surface area contributed by atoms with Crippen LogP contribution in [0.3, 0.4) is 0 Å². The van der Waals surface area contributed by atoms with Crippen LogP contribution in [0.15, 0.2) is 42.5 Å². The van der Waals surface area contributed by atoms with Crippen molar-refractivity contribution in [1.82, 2.24) is 0 Å². The Bertz CT molecular complexity index is 346. The Hall–Kier alpha value is -1.58. The van der Waals surface area contributed by atoms with Gasteiger partial charge in [-0.2, -0.15) is 0 Å². The van der Waals surface area contributed by atoms with E-state index in [0.717, 1.165) is 6.08 Å². The SMILES string of the molecule is CC=CC(=O)O.O=C(O)c1ccccc1.[Cu]. The van der Waals surface area contributed by atoms with Crippen LogP contribution >= 0.6 is 0 Å². The van der Waals surface area contributed by atoms with E-state index in [1.807, 2.05) is 0 Å². The molecule has 1 aromatic carbocycles. The fourth-order valence-electron chi connectivity index (χ4n) is 0.723. The van der Waals surface area contributed by atoms with Gasteiger partial charge in [-0.25, -0.2) is 9.59 Å². The quantitative estimate of drug-likeness (QED) is 0.638. The van der Waals surface area contributed by atoms with E-state index in [1.165, 1.54) is 6.08 Å². The molecule has 0 amide bonds. The van der Waals surface area contributed by atoms with Gasteiger partial charge in [0.25, 0.3) is 0 Å². The molecule has 0 aliphatic heterocycles. The van der Waals surface area contributed by atoms with Gasteiger partial charge >= 0.3 is 11.9 Å². The number of benzene rings is 1. The van der Waals surface area contributed by atoms with Crippen LogP contribution < -0.4 is 0 Å². The second-order valence-electron chi connectivity index (χ2n) is 2.51. The summed E-state index contributed by atoms with van der Waals surface area (Å²) in [6.07, 6.45) is 2.56. The van der Waals surface area contributed by atoms with E-state index in [2.05, 4.69) is 0 Å². The van der Waals surface area contributed by atoms with E-state index in [4.69, 9.17) is 10.2 Å². The minimum absolute atomic E-state index is 0. The van der Waals surface area contributed by atoms with Crippen LogP contribution in [-0.2, 0) is 21.9 Å². The molecule has 91 valence electrons. The Morgan fingerprint density at radius 3 is 1.81 bits per heavy atom. The van der Waals surface area contributed by atoms with Crippen LogP contribution in [-0.4, -0.2) is 22.2 Å². The number of hydrogen-bond donors (Lipinski definition) is 2. The number of carbonyl (C=O) groups is 2. The van der Waals surface area contributed by atoms with Gasteiger partial charge in [0.1, 0.15) is 0 Å². The van der Waals surface area contributed by atoms with Gasteiger partial charge in [-0.15, -0.1) is 0 Å². The van der Waals surface area contributed by atoms with Crippen molar-refractivity contribution in [2.45, 2.75) is 6.92 Å². The third-order valence-corrected chi connectivity index (χ3v) is 1.33. The zero-order chi connectivity index (χ0) is 11.7. The molecule has 0 saturated carbocycles. The van der Waals surface area contributed by atoms with Crippen molar-refractivity contribution in [3.8, 4) is 0 Å². The standard InChI is InChI=1S/C7H6O2.C4H6O2.Cu/c8-7(9)6-4-2-1-3-5-6;1-2-3-4(5)6;/h1-5H,(H,8,9);2-3H,1H3,(H,5,6);. The summed E-state index contributed by atoms with van der Waals surface area (Å²) in [4.78, 5) is 19.7. The number of allylic oxidation sites excluding steroid dienone is 1. The van der Waals surface area contributed by atoms with E-state index in [0.29, 0.717) is 5.56 Å². The zero-order valence-corrected chi connectivity index (χ0v) is 9.50. The molecule has 5 heteroatoms. The molecule has 2 N–H and O–H groups in total. The molecule has 0 bridgehead atoms. The van der Waals surface area contributed by atoms with Crippen molar-refractivity contribution >= 4 is 11.9 Å². The summed E-state index contributed by atoms with van der Waals surface area (Å²) in [5.41, 5.74) is 0.331. The summed E-state index contributed by atoms with van der Waals surface area (Å²) < 4.78 is 0. The molecule has 4 nitrogen and oxygen atoms in total. The van der Waals surface area contributed by atoms with Crippen LogP contribution in [0.2, 0.25) is 0 Å². The molecule has 1 rings (SSSR count). The van der Waals surface area contributed by atoms with Crippen molar-refractivity contribution < 1.29 is 36.9 Å². The first-order chi connectivity index (χ1) is 7.07. The second kappa shape index (κ2) is 9.96. The van der Waals surface area contributed by atoms with E-state index < -0.39 is 11.9 Å². The normalized spacial score (nSPS) is 8.56. The minimum atomic E-state index is -0.891. The maximum atomic E-state index is 10.2. The molecule has 0 unspecified atom stereocenters. The van der Waals surface area contributed by atoms with Crippen LogP contribution in [0, 0.1) is 0 Å². The summed E-state index contributed by atoms with van der Waals surface area (Å²) >= 11 is 0. The van der Waals surface area contributed by atoms with E-state index in [-0.39, 0.29) is 17.1 Å². The summed E-state index contributed by atoms with van der Waals surface area (Å²) in [7, 11) is 0. The Labute approximate surface area is 104 Å². The third-order valence-electron chi connectivity index (χ3n) is 1.33. The molecule has 1 aromatic rings. The first-order valence-electron chi connectivity index (χ1n) is 4.22. The topological polar surface area (TPSA) is 74.6 Å². The van der Waals surface area contributed by atoms with Gasteiger partial charge in [0.05, 0.1) is 5.56 Å². The Balaban J connectivity index is 0. The summed E-state index contributed by atoms with van der Waals surface area (Å²) in [6, 6.07) is 8.30. The minimum Gasteiger partial charge on any atom is -0.478 e. The molecule has 0 aliphatic carbocycles. The number of carboxylic acid groups (broad SMARTS) is 2. The summed E-state index contributed by atoms with van der Waals surface area (Å²) in [6.45, 7) is 1.66. The molecule has 1 radical (unpaired) electrons. The fraction of sp³-hybridized carbons (Fsp3) is 0.0909. The second-order valence-corrected chi connectivity index (χ2v) is 2.51. The van der Waals surface area contributed by atoms with Gasteiger partial charge < -0.3 is 10.2 Å². The largest absolute Gasteiger partial charge is 0.478 e. The Morgan fingerprint density at radius 1 is 1.12 bits per heavy atom. The maximum absolute atomic E-state index is 10.2. The molecule has 0 heterocycles. The van der Waals surface area contributed by atoms with Crippen LogP contribution in [0.25, 0.3) is 0 Å². The van der Waals surface area contributed by atoms with Crippen molar-refractivity contribution in [2.75, 3.05) is 0 Å². The van der Waals surface area contributed by atoms with Crippen LogP contribution in [0.5, 0.6) is 0 Å². The molecule has 0 atom stereocenters. The van der Waals surface area contributed by atoms with Crippen molar-refractivity contribution in [2.24, 2.45) is 0 Å². The molecular formula is C11H12CuO4. The van der Waals surface area contributed by atoms with Crippen molar-refractivity contribution in [3.63, 3.8) is 0 Å². The Kier molecular flexibility index (Phi) is 10.5. The Morgan fingerprint density at radius 2 is 1.62 bits per heavy atom. The summed E-state index contributed by atoms with van der Waals surface area (Å²) in [5, 5.41) is 16.2. The number of aliphatic carboxylic acids is 1. The van der Waals surface area contributed by atoms with Gasteiger partial charge in [0, 0.05) is 23.1 Å². The van der Waals surface area contributed by atoms with E-state index in [9.17, 15) is 9.59 Å². The smallest absolute Gasteiger partial charge is 0.335 e. The van der Waals surface area contributed by atoms with E-state index >= 15 is 0 Å². The average Bonchev–Trinajstić information content (AvgIpc) is 2.20. The fourth-order valence-corrected chi connectivity index (χ4v) is 0.723. The van der Waals surface area contributed by atoms with E-state index in [1.54, 1.807) is 37.3 Å². The first-order valence-corrected chi connectivity index (χ1v) is 4.22. The number of hydrogen-bond acceptors (Lipinski definition) is 2. The predicted octanol–water partition coefficient (Wildman–Crippen LogP) is 2.03. The molecular weight excluding hydrogens is 260 g/mol.